The zero-order valence-electron chi connectivity index (χ0n) is 11.0. The largest absolute Gasteiger partial charge is 0.384 e. The highest BCUT2D eigenvalue weighted by Gasteiger charge is 2.21. The first kappa shape index (κ1) is 13.2. The fourth-order valence-electron chi connectivity index (χ4n) is 2.41. The molecule has 0 saturated carbocycles. The molecule has 3 rings (SSSR count). The Morgan fingerprint density at radius 1 is 1.05 bits per heavy atom. The Bertz CT molecular complexity index is 668. The van der Waals surface area contributed by atoms with Crippen LogP contribution in [0.15, 0.2) is 30.3 Å². The van der Waals surface area contributed by atoms with Gasteiger partial charge in [-0.15, -0.1) is 0 Å². The van der Waals surface area contributed by atoms with Gasteiger partial charge in [0.2, 0.25) is 0 Å². The van der Waals surface area contributed by atoms with Crippen molar-refractivity contribution in [1.29, 1.82) is 0 Å². The standard InChI is InChI=1S/C16H14F2O2/c1-9-2-5-13(15(18)14(9)17)16(19)10-3-4-11-7-20-8-12(11)6-10/h2-6,16,19H,7-8H2,1H3. The number of ether oxygens (including phenoxy) is 1. The van der Waals surface area contributed by atoms with Gasteiger partial charge in [0, 0.05) is 5.56 Å². The van der Waals surface area contributed by atoms with Crippen molar-refractivity contribution in [3.8, 4) is 0 Å². The number of aryl methyl sites for hydroxylation is 1. The summed E-state index contributed by atoms with van der Waals surface area (Å²) >= 11 is 0. The molecule has 0 radical (unpaired) electrons. The minimum atomic E-state index is -1.18. The highest BCUT2D eigenvalue weighted by atomic mass is 19.2. The monoisotopic (exact) mass is 276 g/mol. The number of benzene rings is 2. The van der Waals surface area contributed by atoms with Crippen molar-refractivity contribution in [2.75, 3.05) is 0 Å². The number of rotatable bonds is 2. The molecule has 2 aromatic rings. The van der Waals surface area contributed by atoms with Crippen LogP contribution in [0.3, 0.4) is 0 Å². The third-order valence-electron chi connectivity index (χ3n) is 3.66. The Kier molecular flexibility index (Phi) is 3.28. The van der Waals surface area contributed by atoms with E-state index >= 15 is 0 Å². The third kappa shape index (κ3) is 2.11. The van der Waals surface area contributed by atoms with Crippen LogP contribution in [-0.2, 0) is 18.0 Å². The number of hydrogen-bond donors (Lipinski definition) is 1. The van der Waals surface area contributed by atoms with Crippen LogP contribution in [0, 0.1) is 18.6 Å². The van der Waals surface area contributed by atoms with Crippen molar-refractivity contribution in [2.45, 2.75) is 26.2 Å². The predicted molar refractivity (Wildman–Crippen MR) is 70.1 cm³/mol. The van der Waals surface area contributed by atoms with E-state index in [0.29, 0.717) is 18.8 Å². The van der Waals surface area contributed by atoms with Crippen LogP contribution in [0.2, 0.25) is 0 Å². The number of aliphatic hydroxyl groups is 1. The van der Waals surface area contributed by atoms with E-state index in [2.05, 4.69) is 0 Å². The highest BCUT2D eigenvalue weighted by Crippen LogP contribution is 2.30. The second-order valence-electron chi connectivity index (χ2n) is 5.02. The molecule has 4 heteroatoms. The number of hydrogen-bond acceptors (Lipinski definition) is 2. The number of aliphatic hydroxyl groups excluding tert-OH is 1. The van der Waals surface area contributed by atoms with Crippen LogP contribution in [0.25, 0.3) is 0 Å². The Balaban J connectivity index is 2.00. The van der Waals surface area contributed by atoms with Gasteiger partial charge in [-0.2, -0.15) is 0 Å². The van der Waals surface area contributed by atoms with Gasteiger partial charge >= 0.3 is 0 Å². The Labute approximate surface area is 115 Å². The molecule has 0 spiro atoms. The van der Waals surface area contributed by atoms with Gasteiger partial charge in [0.05, 0.1) is 13.2 Å². The summed E-state index contributed by atoms with van der Waals surface area (Å²) < 4.78 is 32.8. The summed E-state index contributed by atoms with van der Waals surface area (Å²) in [5.74, 6) is -1.90. The first-order valence-corrected chi connectivity index (χ1v) is 6.40. The lowest BCUT2D eigenvalue weighted by molar-refractivity contribution is 0.134. The van der Waals surface area contributed by atoms with Crippen LogP contribution in [0.5, 0.6) is 0 Å². The molecule has 0 aromatic heterocycles. The van der Waals surface area contributed by atoms with E-state index in [1.807, 2.05) is 6.07 Å². The molecule has 1 unspecified atom stereocenters. The second-order valence-corrected chi connectivity index (χ2v) is 5.02. The first-order valence-electron chi connectivity index (χ1n) is 6.40. The SMILES string of the molecule is Cc1ccc(C(O)c2ccc3c(c2)COC3)c(F)c1F. The van der Waals surface area contributed by atoms with Crippen LogP contribution >= 0.6 is 0 Å². The van der Waals surface area contributed by atoms with E-state index in [9.17, 15) is 13.9 Å². The lowest BCUT2D eigenvalue weighted by atomic mass is 9.96. The van der Waals surface area contributed by atoms with Crippen LogP contribution in [0.1, 0.15) is 33.9 Å². The molecule has 0 saturated heterocycles. The van der Waals surface area contributed by atoms with E-state index in [1.54, 1.807) is 12.1 Å². The molecule has 1 heterocycles. The smallest absolute Gasteiger partial charge is 0.165 e. The van der Waals surface area contributed by atoms with Crippen molar-refractivity contribution >= 4 is 0 Å². The van der Waals surface area contributed by atoms with Crippen LogP contribution in [0.4, 0.5) is 8.78 Å². The van der Waals surface area contributed by atoms with Gasteiger partial charge < -0.3 is 9.84 Å². The minimum Gasteiger partial charge on any atom is -0.384 e. The summed E-state index contributed by atoms with van der Waals surface area (Å²) in [6.45, 7) is 2.53. The molecule has 20 heavy (non-hydrogen) atoms. The Morgan fingerprint density at radius 3 is 2.60 bits per heavy atom. The number of fused-ring (bicyclic) bond motifs is 1. The first-order chi connectivity index (χ1) is 9.58. The Hall–Kier alpha value is -1.78. The topological polar surface area (TPSA) is 29.5 Å². The van der Waals surface area contributed by atoms with Crippen molar-refractivity contribution in [3.63, 3.8) is 0 Å². The molecule has 0 fully saturated rings. The minimum absolute atomic E-state index is 0.0491. The van der Waals surface area contributed by atoms with E-state index in [-0.39, 0.29) is 11.1 Å². The molecule has 1 atom stereocenters. The fraction of sp³-hybridized carbons (Fsp3) is 0.250. The maximum Gasteiger partial charge on any atom is 0.165 e. The van der Waals surface area contributed by atoms with E-state index in [0.717, 1.165) is 11.1 Å². The van der Waals surface area contributed by atoms with Crippen LogP contribution in [-0.4, -0.2) is 5.11 Å². The summed E-state index contributed by atoms with van der Waals surface area (Å²) in [7, 11) is 0. The molecular formula is C16H14F2O2. The number of halogens is 2. The zero-order chi connectivity index (χ0) is 14.3. The lowest BCUT2D eigenvalue weighted by Crippen LogP contribution is -2.06. The summed E-state index contributed by atoms with van der Waals surface area (Å²) in [6, 6.07) is 8.23. The van der Waals surface area contributed by atoms with Crippen molar-refractivity contribution in [1.82, 2.24) is 0 Å². The molecule has 104 valence electrons. The molecule has 1 N–H and O–H groups in total. The van der Waals surface area contributed by atoms with Crippen molar-refractivity contribution in [2.24, 2.45) is 0 Å². The van der Waals surface area contributed by atoms with Crippen molar-refractivity contribution in [3.05, 3.63) is 69.8 Å². The molecule has 0 amide bonds. The predicted octanol–water partition coefficient (Wildman–Crippen LogP) is 3.39. The van der Waals surface area contributed by atoms with E-state index in [4.69, 9.17) is 4.74 Å². The maximum atomic E-state index is 13.9. The summed E-state index contributed by atoms with van der Waals surface area (Å²) in [4.78, 5) is 0. The molecule has 1 aliphatic rings. The Morgan fingerprint density at radius 2 is 1.80 bits per heavy atom. The van der Waals surface area contributed by atoms with Gasteiger partial charge in [0.25, 0.3) is 0 Å². The molecule has 2 nitrogen and oxygen atoms in total. The zero-order valence-corrected chi connectivity index (χ0v) is 11.0. The second kappa shape index (κ2) is 4.96. The van der Waals surface area contributed by atoms with Gasteiger partial charge in [-0.25, -0.2) is 8.78 Å². The fourth-order valence-corrected chi connectivity index (χ4v) is 2.41. The molecule has 0 aliphatic carbocycles. The molecule has 1 aliphatic heterocycles. The van der Waals surface area contributed by atoms with Crippen molar-refractivity contribution < 1.29 is 18.6 Å². The van der Waals surface area contributed by atoms with E-state index in [1.165, 1.54) is 19.1 Å². The van der Waals surface area contributed by atoms with Crippen LogP contribution < -0.4 is 0 Å². The molecular weight excluding hydrogens is 262 g/mol. The summed E-state index contributed by atoms with van der Waals surface area (Å²) in [6.07, 6.45) is -1.18. The summed E-state index contributed by atoms with van der Waals surface area (Å²) in [5, 5.41) is 10.3. The van der Waals surface area contributed by atoms with Gasteiger partial charge in [-0.3, -0.25) is 0 Å². The third-order valence-corrected chi connectivity index (χ3v) is 3.66. The average Bonchev–Trinajstić information content (AvgIpc) is 2.91. The maximum absolute atomic E-state index is 13.9. The highest BCUT2D eigenvalue weighted by molar-refractivity contribution is 5.39. The van der Waals surface area contributed by atoms with Gasteiger partial charge in [0.15, 0.2) is 11.6 Å². The quantitative estimate of drug-likeness (QED) is 0.911. The van der Waals surface area contributed by atoms with Gasteiger partial charge in [-0.1, -0.05) is 30.3 Å². The van der Waals surface area contributed by atoms with Gasteiger partial charge in [0.1, 0.15) is 6.10 Å². The summed E-state index contributed by atoms with van der Waals surface area (Å²) in [5.41, 5.74) is 2.76. The van der Waals surface area contributed by atoms with E-state index < -0.39 is 17.7 Å². The molecule has 2 aromatic carbocycles. The molecule has 0 bridgehead atoms. The normalized spacial score (nSPS) is 15.2. The average molecular weight is 276 g/mol. The lowest BCUT2D eigenvalue weighted by Gasteiger charge is -2.14. The van der Waals surface area contributed by atoms with Gasteiger partial charge in [-0.05, 0) is 29.2 Å².